The van der Waals surface area contributed by atoms with Crippen LogP contribution in [-0.2, 0) is 0 Å². The Morgan fingerprint density at radius 3 is 2.26 bits per heavy atom. The summed E-state index contributed by atoms with van der Waals surface area (Å²) < 4.78 is 0. The number of rotatable bonds is 5. The van der Waals surface area contributed by atoms with Gasteiger partial charge in [-0.1, -0.05) is 18.2 Å². The molecule has 4 heteroatoms. The predicted molar refractivity (Wildman–Crippen MR) is 94.6 cm³/mol. The molecular formula is C19H26N2OS. The highest BCUT2D eigenvalue weighted by molar-refractivity contribution is 7.99. The molecule has 23 heavy (non-hydrogen) atoms. The van der Waals surface area contributed by atoms with Crippen LogP contribution in [0.4, 0.5) is 4.79 Å². The van der Waals surface area contributed by atoms with Crippen molar-refractivity contribution in [2.45, 2.75) is 49.0 Å². The molecule has 4 aliphatic carbocycles. The second kappa shape index (κ2) is 6.39. The Morgan fingerprint density at radius 2 is 1.65 bits per heavy atom. The fraction of sp³-hybridized carbons (Fsp3) is 0.632. The van der Waals surface area contributed by atoms with E-state index in [4.69, 9.17) is 0 Å². The predicted octanol–water partition coefficient (Wildman–Crippen LogP) is 4.05. The Bertz CT molecular complexity index is 524. The van der Waals surface area contributed by atoms with Crippen molar-refractivity contribution < 1.29 is 4.79 Å². The molecule has 0 aliphatic heterocycles. The molecule has 2 N–H and O–H groups in total. The maximum absolute atomic E-state index is 12.3. The molecule has 0 atom stereocenters. The summed E-state index contributed by atoms with van der Waals surface area (Å²) in [6, 6.07) is 10.4. The van der Waals surface area contributed by atoms with Crippen LogP contribution < -0.4 is 10.6 Å². The molecule has 4 saturated carbocycles. The molecule has 2 amide bonds. The van der Waals surface area contributed by atoms with E-state index in [1.807, 2.05) is 6.07 Å². The molecule has 4 aliphatic rings. The Kier molecular flexibility index (Phi) is 4.27. The van der Waals surface area contributed by atoms with Crippen LogP contribution in [0.15, 0.2) is 35.2 Å². The van der Waals surface area contributed by atoms with E-state index in [9.17, 15) is 4.79 Å². The fourth-order valence-electron chi connectivity index (χ4n) is 5.40. The average molecular weight is 330 g/mol. The molecule has 124 valence electrons. The number of hydrogen-bond acceptors (Lipinski definition) is 2. The van der Waals surface area contributed by atoms with Crippen LogP contribution in [0.5, 0.6) is 0 Å². The highest BCUT2D eigenvalue weighted by Crippen LogP contribution is 2.55. The third-order valence-electron chi connectivity index (χ3n) is 5.82. The van der Waals surface area contributed by atoms with Gasteiger partial charge in [0.2, 0.25) is 0 Å². The van der Waals surface area contributed by atoms with E-state index in [1.165, 1.54) is 43.4 Å². The smallest absolute Gasteiger partial charge is 0.315 e. The van der Waals surface area contributed by atoms with Gasteiger partial charge in [0.1, 0.15) is 0 Å². The van der Waals surface area contributed by atoms with Crippen molar-refractivity contribution >= 4 is 17.8 Å². The minimum atomic E-state index is 0.0422. The lowest BCUT2D eigenvalue weighted by atomic mass is 9.53. The summed E-state index contributed by atoms with van der Waals surface area (Å²) in [6.45, 7) is 0.720. The molecule has 0 spiro atoms. The lowest BCUT2D eigenvalue weighted by molar-refractivity contribution is -0.0134. The van der Waals surface area contributed by atoms with Crippen LogP contribution >= 0.6 is 11.8 Å². The number of benzene rings is 1. The molecule has 1 aromatic rings. The van der Waals surface area contributed by atoms with E-state index in [-0.39, 0.29) is 11.6 Å². The molecule has 0 unspecified atom stereocenters. The Hall–Kier alpha value is -1.16. The van der Waals surface area contributed by atoms with Crippen molar-refractivity contribution in [3.05, 3.63) is 30.3 Å². The molecule has 0 radical (unpaired) electrons. The summed E-state index contributed by atoms with van der Waals surface area (Å²) in [7, 11) is 0. The number of urea groups is 1. The molecule has 4 bridgehead atoms. The number of carbonyl (C=O) groups is 1. The second-order valence-corrected chi connectivity index (χ2v) is 8.91. The lowest BCUT2D eigenvalue weighted by Gasteiger charge is -2.56. The summed E-state index contributed by atoms with van der Waals surface area (Å²) in [5.41, 5.74) is 0.116. The normalized spacial score (nSPS) is 34.3. The first-order chi connectivity index (χ1) is 11.2. The molecule has 1 aromatic carbocycles. The van der Waals surface area contributed by atoms with Crippen molar-refractivity contribution in [1.82, 2.24) is 10.6 Å². The minimum Gasteiger partial charge on any atom is -0.337 e. The van der Waals surface area contributed by atoms with Gasteiger partial charge in [0.15, 0.2) is 0 Å². The maximum atomic E-state index is 12.3. The summed E-state index contributed by atoms with van der Waals surface area (Å²) in [5.74, 6) is 3.53. The van der Waals surface area contributed by atoms with Gasteiger partial charge in [0.25, 0.3) is 0 Å². The number of carbonyl (C=O) groups excluding carboxylic acids is 1. The molecule has 5 rings (SSSR count). The second-order valence-electron chi connectivity index (χ2n) is 7.74. The van der Waals surface area contributed by atoms with Crippen LogP contribution in [0.2, 0.25) is 0 Å². The minimum absolute atomic E-state index is 0.0422. The van der Waals surface area contributed by atoms with Crippen molar-refractivity contribution in [3.63, 3.8) is 0 Å². The topological polar surface area (TPSA) is 41.1 Å². The van der Waals surface area contributed by atoms with Gasteiger partial charge in [-0.2, -0.15) is 0 Å². The largest absolute Gasteiger partial charge is 0.337 e. The van der Waals surface area contributed by atoms with Crippen LogP contribution in [0.25, 0.3) is 0 Å². The van der Waals surface area contributed by atoms with Crippen LogP contribution in [0, 0.1) is 17.8 Å². The van der Waals surface area contributed by atoms with Crippen LogP contribution in [0.1, 0.15) is 38.5 Å². The first kappa shape index (κ1) is 15.4. The summed E-state index contributed by atoms with van der Waals surface area (Å²) in [6.07, 6.45) is 7.88. The number of nitrogens with one attached hydrogen (secondary N) is 2. The standard InChI is InChI=1S/C19H26N2OS/c22-18(20-6-7-23-17-4-2-1-3-5-17)21-19-11-14-8-15(12-19)10-16(9-14)13-19/h1-5,14-16H,6-13H2,(H2,20,21,22). The maximum Gasteiger partial charge on any atom is 0.315 e. The first-order valence-corrected chi connectivity index (χ1v) is 9.93. The summed E-state index contributed by atoms with van der Waals surface area (Å²) in [4.78, 5) is 13.6. The molecular weight excluding hydrogens is 304 g/mol. The summed E-state index contributed by atoms with van der Waals surface area (Å²) >= 11 is 1.79. The molecule has 0 aromatic heterocycles. The zero-order valence-electron chi connectivity index (χ0n) is 13.6. The molecule has 0 heterocycles. The van der Waals surface area contributed by atoms with E-state index < -0.39 is 0 Å². The van der Waals surface area contributed by atoms with E-state index in [2.05, 4.69) is 34.9 Å². The Labute approximate surface area is 143 Å². The van der Waals surface area contributed by atoms with Gasteiger partial charge < -0.3 is 10.6 Å². The van der Waals surface area contributed by atoms with E-state index >= 15 is 0 Å². The monoisotopic (exact) mass is 330 g/mol. The van der Waals surface area contributed by atoms with Crippen molar-refractivity contribution in [2.24, 2.45) is 17.8 Å². The highest BCUT2D eigenvalue weighted by Gasteiger charge is 2.51. The van der Waals surface area contributed by atoms with Crippen LogP contribution in [0.3, 0.4) is 0 Å². The van der Waals surface area contributed by atoms with E-state index in [0.717, 1.165) is 30.1 Å². The van der Waals surface area contributed by atoms with Crippen molar-refractivity contribution in [3.8, 4) is 0 Å². The van der Waals surface area contributed by atoms with E-state index in [1.54, 1.807) is 11.8 Å². The third-order valence-corrected chi connectivity index (χ3v) is 6.83. The Balaban J connectivity index is 1.23. The fourth-order valence-corrected chi connectivity index (χ4v) is 6.19. The molecule has 0 saturated heterocycles. The molecule has 4 fully saturated rings. The van der Waals surface area contributed by atoms with Crippen molar-refractivity contribution in [2.75, 3.05) is 12.3 Å². The number of hydrogen-bond donors (Lipinski definition) is 2. The zero-order chi connectivity index (χ0) is 15.7. The lowest BCUT2D eigenvalue weighted by Crippen LogP contribution is -2.61. The van der Waals surface area contributed by atoms with Gasteiger partial charge in [-0.25, -0.2) is 4.79 Å². The van der Waals surface area contributed by atoms with Gasteiger partial charge in [0, 0.05) is 22.7 Å². The van der Waals surface area contributed by atoms with Gasteiger partial charge in [-0.15, -0.1) is 11.8 Å². The summed E-state index contributed by atoms with van der Waals surface area (Å²) in [5, 5.41) is 6.42. The number of thioether (sulfide) groups is 1. The quantitative estimate of drug-likeness (QED) is 0.632. The van der Waals surface area contributed by atoms with Gasteiger partial charge >= 0.3 is 6.03 Å². The van der Waals surface area contributed by atoms with E-state index in [0.29, 0.717) is 0 Å². The third kappa shape index (κ3) is 3.52. The van der Waals surface area contributed by atoms with Crippen molar-refractivity contribution in [1.29, 1.82) is 0 Å². The number of amides is 2. The van der Waals surface area contributed by atoms with Gasteiger partial charge in [0.05, 0.1) is 0 Å². The molecule has 3 nitrogen and oxygen atoms in total. The van der Waals surface area contributed by atoms with Crippen LogP contribution in [-0.4, -0.2) is 23.9 Å². The average Bonchev–Trinajstić information content (AvgIpc) is 2.51. The zero-order valence-corrected chi connectivity index (χ0v) is 14.4. The van der Waals surface area contributed by atoms with Gasteiger partial charge in [-0.3, -0.25) is 0 Å². The Morgan fingerprint density at radius 1 is 1.04 bits per heavy atom. The SMILES string of the molecule is O=C(NCCSc1ccccc1)NC12CC3CC(CC(C3)C1)C2. The van der Waals surface area contributed by atoms with Gasteiger partial charge in [-0.05, 0) is 68.4 Å². The highest BCUT2D eigenvalue weighted by atomic mass is 32.2. The first-order valence-electron chi connectivity index (χ1n) is 8.95.